The maximum absolute atomic E-state index is 12.0. The number of hydrogen-bond donors (Lipinski definition) is 2. The van der Waals surface area contributed by atoms with Crippen LogP contribution in [0.4, 0.5) is 0 Å². The fourth-order valence-corrected chi connectivity index (χ4v) is 3.01. The highest BCUT2D eigenvalue weighted by Crippen LogP contribution is 2.22. The second-order valence-corrected chi connectivity index (χ2v) is 6.04. The van der Waals surface area contributed by atoms with E-state index in [-0.39, 0.29) is 16.5 Å². The van der Waals surface area contributed by atoms with Crippen LogP contribution in [-0.4, -0.2) is 41.8 Å². The van der Waals surface area contributed by atoms with E-state index in [1.165, 1.54) is 18.2 Å². The van der Waals surface area contributed by atoms with Gasteiger partial charge in [0.1, 0.15) is 4.90 Å². The summed E-state index contributed by atoms with van der Waals surface area (Å²) in [4.78, 5) is -0.0324. The van der Waals surface area contributed by atoms with E-state index in [0.717, 1.165) is 0 Å². The van der Waals surface area contributed by atoms with Gasteiger partial charge < -0.3 is 10.1 Å². The van der Waals surface area contributed by atoms with Crippen LogP contribution in [0, 0.1) is 11.3 Å². The standard InChI is InChI=1S/C12H16ClN3O3S/c1-19-7-6-15-4-5-16-20(17,18)12-3-2-10(9-14)8-11(12)13/h2-3,8,15-16H,4-7H2,1H3. The number of nitriles is 1. The van der Waals surface area contributed by atoms with Gasteiger partial charge in [0.2, 0.25) is 10.0 Å². The molecule has 0 saturated heterocycles. The lowest BCUT2D eigenvalue weighted by molar-refractivity contribution is 0.199. The van der Waals surface area contributed by atoms with Gasteiger partial charge in [0.25, 0.3) is 0 Å². The van der Waals surface area contributed by atoms with Gasteiger partial charge in [0.15, 0.2) is 0 Å². The molecule has 0 spiro atoms. The second-order valence-electron chi connectivity index (χ2n) is 3.90. The first-order chi connectivity index (χ1) is 9.51. The number of sulfonamides is 1. The molecule has 6 nitrogen and oxygen atoms in total. The highest BCUT2D eigenvalue weighted by atomic mass is 35.5. The average molecular weight is 318 g/mol. The van der Waals surface area contributed by atoms with Crippen LogP contribution in [0.3, 0.4) is 0 Å². The number of benzene rings is 1. The summed E-state index contributed by atoms with van der Waals surface area (Å²) >= 11 is 5.87. The lowest BCUT2D eigenvalue weighted by atomic mass is 10.2. The smallest absolute Gasteiger partial charge is 0.242 e. The lowest BCUT2D eigenvalue weighted by Crippen LogP contribution is -2.33. The molecule has 0 aliphatic rings. The summed E-state index contributed by atoms with van der Waals surface area (Å²) in [7, 11) is -2.08. The lowest BCUT2D eigenvalue weighted by Gasteiger charge is -2.09. The molecule has 1 aromatic rings. The van der Waals surface area contributed by atoms with Crippen molar-refractivity contribution in [3.63, 3.8) is 0 Å². The van der Waals surface area contributed by atoms with Crippen molar-refractivity contribution >= 4 is 21.6 Å². The Bertz CT molecular complexity index is 584. The van der Waals surface area contributed by atoms with E-state index in [1.807, 2.05) is 6.07 Å². The van der Waals surface area contributed by atoms with E-state index in [1.54, 1.807) is 7.11 Å². The highest BCUT2D eigenvalue weighted by Gasteiger charge is 2.17. The van der Waals surface area contributed by atoms with Gasteiger partial charge in [-0.25, -0.2) is 13.1 Å². The van der Waals surface area contributed by atoms with Crippen LogP contribution in [0.25, 0.3) is 0 Å². The van der Waals surface area contributed by atoms with Crippen LogP contribution in [0.1, 0.15) is 5.56 Å². The third-order valence-corrected chi connectivity index (χ3v) is 4.37. The number of nitrogens with one attached hydrogen (secondary N) is 2. The van der Waals surface area contributed by atoms with E-state index in [0.29, 0.717) is 25.3 Å². The molecule has 0 aliphatic heterocycles. The zero-order valence-corrected chi connectivity index (χ0v) is 12.6. The minimum atomic E-state index is -3.67. The van der Waals surface area contributed by atoms with Crippen LogP contribution >= 0.6 is 11.6 Å². The monoisotopic (exact) mass is 317 g/mol. The molecule has 0 unspecified atom stereocenters. The van der Waals surface area contributed by atoms with Gasteiger partial charge in [0, 0.05) is 26.7 Å². The molecule has 0 aromatic heterocycles. The van der Waals surface area contributed by atoms with Gasteiger partial charge in [-0.05, 0) is 18.2 Å². The quantitative estimate of drug-likeness (QED) is 0.690. The van der Waals surface area contributed by atoms with Crippen molar-refractivity contribution in [2.75, 3.05) is 33.4 Å². The SMILES string of the molecule is COCCNCCNS(=O)(=O)c1ccc(C#N)cc1Cl. The maximum Gasteiger partial charge on any atom is 0.242 e. The molecule has 0 saturated carbocycles. The molecule has 0 aliphatic carbocycles. The molecule has 8 heteroatoms. The minimum absolute atomic E-state index is 0.0314. The predicted molar refractivity (Wildman–Crippen MR) is 76.1 cm³/mol. The third-order valence-electron chi connectivity index (χ3n) is 2.43. The summed E-state index contributed by atoms with van der Waals surface area (Å²) in [6.45, 7) is 1.93. The summed E-state index contributed by atoms with van der Waals surface area (Å²) < 4.78 is 31.3. The fourth-order valence-electron chi connectivity index (χ4n) is 1.44. The third kappa shape index (κ3) is 5.07. The first-order valence-electron chi connectivity index (χ1n) is 5.90. The van der Waals surface area contributed by atoms with Gasteiger partial charge in [-0.2, -0.15) is 5.26 Å². The molecule has 0 heterocycles. The van der Waals surface area contributed by atoms with Crippen LogP contribution in [0.2, 0.25) is 5.02 Å². The summed E-state index contributed by atoms with van der Waals surface area (Å²) in [6, 6.07) is 5.96. The summed E-state index contributed by atoms with van der Waals surface area (Å²) in [5.41, 5.74) is 0.315. The Kier molecular flexibility index (Phi) is 6.91. The molecule has 110 valence electrons. The number of methoxy groups -OCH3 is 1. The average Bonchev–Trinajstić information content (AvgIpc) is 2.42. The maximum atomic E-state index is 12.0. The molecule has 0 atom stereocenters. The number of nitrogens with zero attached hydrogens (tertiary/aromatic N) is 1. The Morgan fingerprint density at radius 1 is 1.35 bits per heavy atom. The highest BCUT2D eigenvalue weighted by molar-refractivity contribution is 7.89. The molecule has 0 fully saturated rings. The normalized spacial score (nSPS) is 11.2. The Morgan fingerprint density at radius 3 is 2.70 bits per heavy atom. The van der Waals surface area contributed by atoms with Crippen molar-refractivity contribution < 1.29 is 13.2 Å². The van der Waals surface area contributed by atoms with Gasteiger partial charge in [0.05, 0.1) is 23.3 Å². The van der Waals surface area contributed by atoms with Crippen molar-refractivity contribution in [3.8, 4) is 6.07 Å². The fraction of sp³-hybridized carbons (Fsp3) is 0.417. The van der Waals surface area contributed by atoms with Gasteiger partial charge in [-0.1, -0.05) is 11.6 Å². The van der Waals surface area contributed by atoms with Crippen molar-refractivity contribution in [2.24, 2.45) is 0 Å². The molecule has 1 aromatic carbocycles. The summed E-state index contributed by atoms with van der Waals surface area (Å²) in [5.74, 6) is 0. The minimum Gasteiger partial charge on any atom is -0.383 e. The molecular weight excluding hydrogens is 302 g/mol. The number of hydrogen-bond acceptors (Lipinski definition) is 5. The van der Waals surface area contributed by atoms with E-state index in [4.69, 9.17) is 21.6 Å². The zero-order valence-electron chi connectivity index (χ0n) is 11.0. The van der Waals surface area contributed by atoms with Crippen LogP contribution in [-0.2, 0) is 14.8 Å². The first kappa shape index (κ1) is 16.9. The van der Waals surface area contributed by atoms with Crippen LogP contribution in [0.5, 0.6) is 0 Å². The van der Waals surface area contributed by atoms with Crippen molar-refractivity contribution in [1.82, 2.24) is 10.0 Å². The Labute approximate surface area is 123 Å². The van der Waals surface area contributed by atoms with Gasteiger partial charge in [-0.15, -0.1) is 0 Å². The van der Waals surface area contributed by atoms with E-state index in [2.05, 4.69) is 10.0 Å². The molecule has 0 radical (unpaired) electrons. The first-order valence-corrected chi connectivity index (χ1v) is 7.76. The van der Waals surface area contributed by atoms with Crippen LogP contribution < -0.4 is 10.0 Å². The largest absolute Gasteiger partial charge is 0.383 e. The van der Waals surface area contributed by atoms with Gasteiger partial charge >= 0.3 is 0 Å². The molecule has 0 amide bonds. The number of ether oxygens (including phenoxy) is 1. The zero-order chi connectivity index (χ0) is 15.0. The van der Waals surface area contributed by atoms with Crippen molar-refractivity contribution in [2.45, 2.75) is 4.90 Å². The Hall–Kier alpha value is -1.17. The number of rotatable bonds is 8. The Balaban J connectivity index is 2.59. The van der Waals surface area contributed by atoms with E-state index >= 15 is 0 Å². The Morgan fingerprint density at radius 2 is 2.10 bits per heavy atom. The number of halogens is 1. The van der Waals surface area contributed by atoms with Crippen molar-refractivity contribution in [3.05, 3.63) is 28.8 Å². The van der Waals surface area contributed by atoms with Crippen LogP contribution in [0.15, 0.2) is 23.1 Å². The molecular formula is C12H16ClN3O3S. The molecule has 20 heavy (non-hydrogen) atoms. The predicted octanol–water partition coefficient (Wildman–Crippen LogP) is 0.726. The van der Waals surface area contributed by atoms with Gasteiger partial charge in [-0.3, -0.25) is 0 Å². The van der Waals surface area contributed by atoms with Crippen molar-refractivity contribution in [1.29, 1.82) is 5.26 Å². The van der Waals surface area contributed by atoms with E-state index < -0.39 is 10.0 Å². The van der Waals surface area contributed by atoms with E-state index in [9.17, 15) is 8.42 Å². The second kappa shape index (κ2) is 8.19. The topological polar surface area (TPSA) is 91.2 Å². The molecule has 0 bridgehead atoms. The summed E-state index contributed by atoms with van der Waals surface area (Å²) in [5, 5.41) is 11.8. The summed E-state index contributed by atoms with van der Waals surface area (Å²) in [6.07, 6.45) is 0. The molecule has 2 N–H and O–H groups in total. The molecule has 1 rings (SSSR count).